The maximum Gasteiger partial charge on any atom is 0.338 e. The van der Waals surface area contributed by atoms with Gasteiger partial charge >= 0.3 is 5.97 Å². The Kier molecular flexibility index (Phi) is 6.51. The molecule has 4 aromatic rings. The second-order valence-corrected chi connectivity index (χ2v) is 9.64. The summed E-state index contributed by atoms with van der Waals surface area (Å²) in [6.07, 6.45) is 1.86. The normalized spacial score (nSPS) is 15.6. The van der Waals surface area contributed by atoms with Crippen LogP contribution in [0.2, 0.25) is 5.02 Å². The van der Waals surface area contributed by atoms with Crippen LogP contribution in [-0.2, 0) is 9.53 Å². The maximum atomic E-state index is 13.8. The Bertz CT molecular complexity index is 1720. The number of thiazole rings is 1. The molecule has 0 fully saturated rings. The molecular weight excluding hydrogens is 496 g/mol. The van der Waals surface area contributed by atoms with Gasteiger partial charge in [-0.05, 0) is 48.6 Å². The highest BCUT2D eigenvalue weighted by atomic mass is 35.5. The highest BCUT2D eigenvalue weighted by Gasteiger charge is 2.34. The molecule has 8 heteroatoms. The lowest BCUT2D eigenvalue weighted by molar-refractivity contribution is -0.139. The Morgan fingerprint density at radius 2 is 1.83 bits per heavy atom. The Labute approximate surface area is 216 Å². The van der Waals surface area contributed by atoms with E-state index >= 15 is 0 Å². The number of allylic oxidation sites excluding steroid dienone is 1. The fraction of sp³-hybridized carbons (Fsp3) is 0.179. The van der Waals surface area contributed by atoms with Gasteiger partial charge in [-0.3, -0.25) is 9.36 Å². The van der Waals surface area contributed by atoms with E-state index in [1.807, 2.05) is 60.7 Å². The molecule has 5 rings (SSSR count). The monoisotopic (exact) mass is 518 g/mol. The molecule has 0 spiro atoms. The average molecular weight is 519 g/mol. The average Bonchev–Trinajstić information content (AvgIpc) is 3.18. The highest BCUT2D eigenvalue weighted by Crippen LogP contribution is 2.34. The summed E-state index contributed by atoms with van der Waals surface area (Å²) >= 11 is 7.84. The molecule has 36 heavy (non-hydrogen) atoms. The van der Waals surface area contributed by atoms with Gasteiger partial charge in [-0.1, -0.05) is 71.5 Å². The number of fused-ring (bicyclic) bond motifs is 2. The molecule has 0 amide bonds. The van der Waals surface area contributed by atoms with Crippen molar-refractivity contribution in [2.24, 2.45) is 4.99 Å². The molecule has 1 aromatic heterocycles. The Balaban J connectivity index is 1.77. The molecule has 182 valence electrons. The van der Waals surface area contributed by atoms with E-state index in [0.717, 1.165) is 22.1 Å². The van der Waals surface area contributed by atoms with Crippen LogP contribution in [0.1, 0.15) is 31.0 Å². The minimum absolute atomic E-state index is 0.208. The number of hydrogen-bond donors (Lipinski definition) is 0. The van der Waals surface area contributed by atoms with Crippen molar-refractivity contribution in [1.82, 2.24) is 4.57 Å². The van der Waals surface area contributed by atoms with Gasteiger partial charge in [0.05, 0.1) is 29.5 Å². The van der Waals surface area contributed by atoms with E-state index in [9.17, 15) is 9.59 Å². The van der Waals surface area contributed by atoms with Crippen LogP contribution in [0.15, 0.2) is 81.7 Å². The van der Waals surface area contributed by atoms with E-state index in [4.69, 9.17) is 21.1 Å². The first-order valence-corrected chi connectivity index (χ1v) is 12.6. The van der Waals surface area contributed by atoms with Crippen molar-refractivity contribution >= 4 is 45.8 Å². The first kappa shape index (κ1) is 24.0. The molecule has 0 saturated carbocycles. The minimum Gasteiger partial charge on any atom is -0.496 e. The molecule has 6 nitrogen and oxygen atoms in total. The van der Waals surface area contributed by atoms with Crippen LogP contribution in [-0.4, -0.2) is 24.3 Å². The number of carbonyl (C=O) groups is 1. The maximum absolute atomic E-state index is 13.8. The van der Waals surface area contributed by atoms with E-state index < -0.39 is 12.0 Å². The van der Waals surface area contributed by atoms with Gasteiger partial charge in [-0.2, -0.15) is 0 Å². The summed E-state index contributed by atoms with van der Waals surface area (Å²) in [6.45, 7) is 3.71. The van der Waals surface area contributed by atoms with Gasteiger partial charge in [0.2, 0.25) is 0 Å². The van der Waals surface area contributed by atoms with E-state index in [1.54, 1.807) is 31.6 Å². The molecule has 0 N–H and O–H groups in total. The van der Waals surface area contributed by atoms with E-state index in [1.165, 1.54) is 11.3 Å². The lowest BCUT2D eigenvalue weighted by Crippen LogP contribution is -2.40. The van der Waals surface area contributed by atoms with Crippen molar-refractivity contribution in [3.8, 4) is 5.75 Å². The smallest absolute Gasteiger partial charge is 0.338 e. The molecule has 1 aliphatic rings. The highest BCUT2D eigenvalue weighted by molar-refractivity contribution is 7.07. The number of methoxy groups -OCH3 is 1. The molecule has 0 bridgehead atoms. The lowest BCUT2D eigenvalue weighted by Gasteiger charge is -2.25. The third-order valence-corrected chi connectivity index (χ3v) is 7.47. The fourth-order valence-electron chi connectivity index (χ4n) is 4.52. The Morgan fingerprint density at radius 1 is 1.11 bits per heavy atom. The molecule has 1 aliphatic heterocycles. The molecule has 1 atom stereocenters. The summed E-state index contributed by atoms with van der Waals surface area (Å²) in [7, 11) is 1.64. The zero-order valence-corrected chi connectivity index (χ0v) is 21.5. The van der Waals surface area contributed by atoms with Gasteiger partial charge in [-0.15, -0.1) is 0 Å². The van der Waals surface area contributed by atoms with Gasteiger partial charge < -0.3 is 9.47 Å². The summed E-state index contributed by atoms with van der Waals surface area (Å²) in [5.41, 5.74) is 2.07. The number of halogens is 1. The molecule has 2 heterocycles. The van der Waals surface area contributed by atoms with Gasteiger partial charge in [0, 0.05) is 10.4 Å². The fourth-order valence-corrected chi connectivity index (χ4v) is 5.80. The van der Waals surface area contributed by atoms with E-state index in [-0.39, 0.29) is 12.2 Å². The lowest BCUT2D eigenvalue weighted by atomic mass is 9.96. The van der Waals surface area contributed by atoms with E-state index in [2.05, 4.69) is 4.99 Å². The number of ether oxygens (including phenoxy) is 2. The second-order valence-electron chi connectivity index (χ2n) is 8.23. The summed E-state index contributed by atoms with van der Waals surface area (Å²) in [4.78, 5) is 32.0. The second kappa shape index (κ2) is 9.76. The first-order valence-electron chi connectivity index (χ1n) is 11.4. The molecular formula is C28H23ClN2O4S. The van der Waals surface area contributed by atoms with E-state index in [0.29, 0.717) is 31.2 Å². The Hall–Kier alpha value is -3.68. The van der Waals surface area contributed by atoms with Crippen LogP contribution in [0.5, 0.6) is 5.75 Å². The minimum atomic E-state index is -0.747. The third kappa shape index (κ3) is 4.04. The number of rotatable bonds is 5. The summed E-state index contributed by atoms with van der Waals surface area (Å²) in [6, 6.07) is 18.2. The zero-order valence-electron chi connectivity index (χ0n) is 19.9. The van der Waals surface area contributed by atoms with Crippen LogP contribution in [0.3, 0.4) is 0 Å². The molecule has 0 aliphatic carbocycles. The quantitative estimate of drug-likeness (QED) is 0.362. The predicted octanol–water partition coefficient (Wildman–Crippen LogP) is 4.61. The molecule has 3 aromatic carbocycles. The predicted molar refractivity (Wildman–Crippen MR) is 142 cm³/mol. The largest absolute Gasteiger partial charge is 0.496 e. The van der Waals surface area contributed by atoms with Gasteiger partial charge in [0.1, 0.15) is 11.8 Å². The summed E-state index contributed by atoms with van der Waals surface area (Å²) in [5, 5.41) is 2.37. The number of nitrogens with zero attached hydrogens (tertiary/aromatic N) is 2. The van der Waals surface area contributed by atoms with Crippen molar-refractivity contribution < 1.29 is 14.3 Å². The number of aromatic nitrogens is 1. The van der Waals surface area contributed by atoms with Crippen molar-refractivity contribution in [3.05, 3.63) is 108 Å². The summed E-state index contributed by atoms with van der Waals surface area (Å²) < 4.78 is 12.9. The number of carbonyl (C=O) groups excluding carboxylic acids is 1. The van der Waals surface area contributed by atoms with Crippen LogP contribution in [0, 0.1) is 0 Å². The number of hydrogen-bond acceptors (Lipinski definition) is 6. The van der Waals surface area contributed by atoms with Gasteiger partial charge in [0.25, 0.3) is 5.56 Å². The SMILES string of the molecule is CCOC(=O)C1=C(C)N=c2sc(=Cc3ccc(OC)c4ccccc34)c(=O)n2C1c1ccccc1Cl. The topological polar surface area (TPSA) is 69.9 Å². The zero-order chi connectivity index (χ0) is 25.4. The first-order chi connectivity index (χ1) is 17.4. The van der Waals surface area contributed by atoms with Crippen molar-refractivity contribution in [1.29, 1.82) is 0 Å². The van der Waals surface area contributed by atoms with Crippen LogP contribution in [0.25, 0.3) is 16.8 Å². The third-order valence-electron chi connectivity index (χ3n) is 6.14. The molecule has 1 unspecified atom stereocenters. The van der Waals surface area contributed by atoms with Crippen molar-refractivity contribution in [2.45, 2.75) is 19.9 Å². The number of esters is 1. The number of benzene rings is 3. The van der Waals surface area contributed by atoms with Crippen molar-refractivity contribution in [2.75, 3.05) is 13.7 Å². The molecule has 0 radical (unpaired) electrons. The standard InChI is InChI=1S/C28H23ClN2O4S/c1-4-35-27(33)24-16(2)30-28-31(25(24)20-11-7-8-12-21(20)29)26(32)23(36-28)15-17-13-14-22(34-3)19-10-6-5-9-18(17)19/h5-15,25H,4H2,1-3H3. The Morgan fingerprint density at radius 3 is 2.56 bits per heavy atom. The van der Waals surface area contributed by atoms with Crippen LogP contribution >= 0.6 is 22.9 Å². The summed E-state index contributed by atoms with van der Waals surface area (Å²) in [5.74, 6) is 0.247. The van der Waals surface area contributed by atoms with Crippen LogP contribution < -0.4 is 19.6 Å². The van der Waals surface area contributed by atoms with Gasteiger partial charge in [0.15, 0.2) is 4.80 Å². The van der Waals surface area contributed by atoms with Crippen LogP contribution in [0.4, 0.5) is 0 Å². The molecule has 0 saturated heterocycles. The van der Waals surface area contributed by atoms with Gasteiger partial charge in [-0.25, -0.2) is 9.79 Å². The van der Waals surface area contributed by atoms with Crippen molar-refractivity contribution in [3.63, 3.8) is 0 Å².